The van der Waals surface area contributed by atoms with Crippen molar-refractivity contribution in [2.75, 3.05) is 19.7 Å². The second-order valence-corrected chi connectivity index (χ2v) is 5.49. The zero-order valence-electron chi connectivity index (χ0n) is 12.8. The standard InChI is InChI=1S/C17H22N2O2/c1-12-9-16(7-6-15(12)5-4-8-18)17(20)19-10-14(3)21-11-13(19)2/h6-7,9,13-14H,8,10-11,18H2,1-3H3. The van der Waals surface area contributed by atoms with Crippen LogP contribution in [0.25, 0.3) is 0 Å². The Bertz CT molecular complexity index is 586. The quantitative estimate of drug-likeness (QED) is 0.797. The maximum Gasteiger partial charge on any atom is 0.254 e. The fraction of sp³-hybridized carbons (Fsp3) is 0.471. The summed E-state index contributed by atoms with van der Waals surface area (Å²) in [6.07, 6.45) is 0.0842. The van der Waals surface area contributed by atoms with Gasteiger partial charge in [-0.1, -0.05) is 11.8 Å². The molecule has 1 aromatic carbocycles. The van der Waals surface area contributed by atoms with Crippen LogP contribution < -0.4 is 5.73 Å². The number of nitrogens with zero attached hydrogens (tertiary/aromatic N) is 1. The second-order valence-electron chi connectivity index (χ2n) is 5.49. The van der Waals surface area contributed by atoms with Crippen molar-refractivity contribution >= 4 is 5.91 Å². The van der Waals surface area contributed by atoms with Gasteiger partial charge in [-0.05, 0) is 44.5 Å². The normalized spacial score (nSPS) is 21.6. The van der Waals surface area contributed by atoms with Gasteiger partial charge in [-0.25, -0.2) is 0 Å². The van der Waals surface area contributed by atoms with Crippen LogP contribution in [-0.2, 0) is 4.74 Å². The third-order valence-electron chi connectivity index (χ3n) is 3.67. The van der Waals surface area contributed by atoms with Crippen LogP contribution in [0.1, 0.15) is 35.3 Å². The number of ether oxygens (including phenoxy) is 1. The van der Waals surface area contributed by atoms with Gasteiger partial charge >= 0.3 is 0 Å². The highest BCUT2D eigenvalue weighted by Gasteiger charge is 2.28. The Morgan fingerprint density at radius 2 is 2.24 bits per heavy atom. The molecule has 1 aromatic rings. The Kier molecular flexibility index (Phi) is 5.00. The first kappa shape index (κ1) is 15.6. The van der Waals surface area contributed by atoms with Crippen LogP contribution in [0.5, 0.6) is 0 Å². The first-order valence-electron chi connectivity index (χ1n) is 7.25. The molecule has 0 aromatic heterocycles. The fourth-order valence-electron chi connectivity index (χ4n) is 2.44. The van der Waals surface area contributed by atoms with Crippen molar-refractivity contribution in [2.24, 2.45) is 5.73 Å². The van der Waals surface area contributed by atoms with E-state index in [9.17, 15) is 4.79 Å². The van der Waals surface area contributed by atoms with Crippen molar-refractivity contribution in [3.63, 3.8) is 0 Å². The van der Waals surface area contributed by atoms with Gasteiger partial charge < -0.3 is 15.4 Å². The van der Waals surface area contributed by atoms with Gasteiger partial charge in [-0.15, -0.1) is 0 Å². The molecule has 4 nitrogen and oxygen atoms in total. The van der Waals surface area contributed by atoms with Crippen molar-refractivity contribution < 1.29 is 9.53 Å². The molecule has 4 heteroatoms. The van der Waals surface area contributed by atoms with Crippen molar-refractivity contribution in [3.05, 3.63) is 34.9 Å². The zero-order chi connectivity index (χ0) is 15.4. The number of nitrogens with two attached hydrogens (primary N) is 1. The highest BCUT2D eigenvalue weighted by molar-refractivity contribution is 5.95. The molecule has 2 unspecified atom stereocenters. The molecule has 0 spiro atoms. The van der Waals surface area contributed by atoms with Gasteiger partial charge in [0.25, 0.3) is 5.91 Å². The third-order valence-corrected chi connectivity index (χ3v) is 3.67. The first-order valence-corrected chi connectivity index (χ1v) is 7.25. The maximum absolute atomic E-state index is 12.6. The molecule has 2 rings (SSSR count). The second kappa shape index (κ2) is 6.75. The molecule has 1 aliphatic heterocycles. The van der Waals surface area contributed by atoms with Crippen molar-refractivity contribution in [2.45, 2.75) is 32.9 Å². The van der Waals surface area contributed by atoms with Crippen LogP contribution in [0.3, 0.4) is 0 Å². The lowest BCUT2D eigenvalue weighted by molar-refractivity contribution is -0.0387. The Hall–Kier alpha value is -1.83. The van der Waals surface area contributed by atoms with E-state index in [1.54, 1.807) is 0 Å². The van der Waals surface area contributed by atoms with Crippen LogP contribution in [-0.4, -0.2) is 42.6 Å². The Morgan fingerprint density at radius 3 is 2.90 bits per heavy atom. The molecule has 2 N–H and O–H groups in total. The minimum Gasteiger partial charge on any atom is -0.375 e. The molecule has 1 heterocycles. The number of aryl methyl sites for hydroxylation is 1. The molecule has 1 fully saturated rings. The van der Waals surface area contributed by atoms with E-state index in [0.717, 1.165) is 11.1 Å². The number of carbonyl (C=O) groups excluding carboxylic acids is 1. The van der Waals surface area contributed by atoms with Gasteiger partial charge in [0, 0.05) is 17.7 Å². The number of hydrogen-bond donors (Lipinski definition) is 1. The zero-order valence-corrected chi connectivity index (χ0v) is 12.8. The lowest BCUT2D eigenvalue weighted by Crippen LogP contribution is -2.50. The van der Waals surface area contributed by atoms with Crippen LogP contribution in [0.2, 0.25) is 0 Å². The van der Waals surface area contributed by atoms with E-state index in [1.807, 2.05) is 43.9 Å². The van der Waals surface area contributed by atoms with Crippen LogP contribution >= 0.6 is 0 Å². The highest BCUT2D eigenvalue weighted by atomic mass is 16.5. The lowest BCUT2D eigenvalue weighted by Gasteiger charge is -2.36. The van der Waals surface area contributed by atoms with E-state index >= 15 is 0 Å². The summed E-state index contributed by atoms with van der Waals surface area (Å²) in [6, 6.07) is 5.73. The van der Waals surface area contributed by atoms with Crippen LogP contribution in [0.4, 0.5) is 0 Å². The monoisotopic (exact) mass is 286 g/mol. The van der Waals surface area contributed by atoms with Crippen LogP contribution in [0.15, 0.2) is 18.2 Å². The molecule has 0 aliphatic carbocycles. The Morgan fingerprint density at radius 1 is 1.48 bits per heavy atom. The number of hydrogen-bond acceptors (Lipinski definition) is 3. The van der Waals surface area contributed by atoms with E-state index < -0.39 is 0 Å². The summed E-state index contributed by atoms with van der Waals surface area (Å²) in [6.45, 7) is 7.52. The summed E-state index contributed by atoms with van der Waals surface area (Å²) < 4.78 is 5.57. The summed E-state index contributed by atoms with van der Waals surface area (Å²) >= 11 is 0. The summed E-state index contributed by atoms with van der Waals surface area (Å²) in [4.78, 5) is 14.5. The molecule has 0 saturated carbocycles. The Balaban J connectivity index is 2.21. The molecule has 1 saturated heterocycles. The van der Waals surface area contributed by atoms with Crippen molar-refractivity contribution in [1.82, 2.24) is 4.90 Å². The van der Waals surface area contributed by atoms with Gasteiger partial charge in [0.15, 0.2) is 0 Å². The number of amides is 1. The molecule has 0 bridgehead atoms. The van der Waals surface area contributed by atoms with Gasteiger partial charge in [0.05, 0.1) is 25.3 Å². The fourth-order valence-corrected chi connectivity index (χ4v) is 2.44. The van der Waals surface area contributed by atoms with E-state index in [4.69, 9.17) is 10.5 Å². The molecule has 21 heavy (non-hydrogen) atoms. The maximum atomic E-state index is 12.6. The molecule has 1 amide bonds. The highest BCUT2D eigenvalue weighted by Crippen LogP contribution is 2.17. The number of rotatable bonds is 1. The van der Waals surface area contributed by atoms with E-state index in [1.165, 1.54) is 0 Å². The van der Waals surface area contributed by atoms with Gasteiger partial charge in [-0.3, -0.25) is 4.79 Å². The van der Waals surface area contributed by atoms with Gasteiger partial charge in [0.2, 0.25) is 0 Å². The number of carbonyl (C=O) groups is 1. The summed E-state index contributed by atoms with van der Waals surface area (Å²) in [5, 5.41) is 0. The largest absolute Gasteiger partial charge is 0.375 e. The molecule has 1 aliphatic rings. The average molecular weight is 286 g/mol. The molecular weight excluding hydrogens is 264 g/mol. The summed E-state index contributed by atoms with van der Waals surface area (Å²) in [7, 11) is 0. The number of benzene rings is 1. The minimum atomic E-state index is 0.0547. The topological polar surface area (TPSA) is 55.6 Å². The summed E-state index contributed by atoms with van der Waals surface area (Å²) in [5.74, 6) is 5.91. The molecular formula is C17H22N2O2. The molecule has 2 atom stereocenters. The SMILES string of the molecule is Cc1cc(C(=O)N2CC(C)OCC2C)ccc1C#CCN. The Labute approximate surface area is 126 Å². The predicted molar refractivity (Wildman–Crippen MR) is 83.0 cm³/mol. The minimum absolute atomic E-state index is 0.0547. The number of morpholine rings is 1. The van der Waals surface area contributed by atoms with E-state index in [2.05, 4.69) is 11.8 Å². The molecule has 112 valence electrons. The molecule has 0 radical (unpaired) electrons. The predicted octanol–water partition coefficient (Wildman–Crippen LogP) is 1.55. The van der Waals surface area contributed by atoms with E-state index in [0.29, 0.717) is 25.3 Å². The third kappa shape index (κ3) is 3.63. The van der Waals surface area contributed by atoms with Crippen molar-refractivity contribution in [1.29, 1.82) is 0 Å². The van der Waals surface area contributed by atoms with Gasteiger partial charge in [-0.2, -0.15) is 0 Å². The smallest absolute Gasteiger partial charge is 0.254 e. The van der Waals surface area contributed by atoms with Gasteiger partial charge in [0.1, 0.15) is 0 Å². The first-order chi connectivity index (χ1) is 10.0. The van der Waals surface area contributed by atoms with E-state index in [-0.39, 0.29) is 18.1 Å². The van der Waals surface area contributed by atoms with Crippen molar-refractivity contribution in [3.8, 4) is 11.8 Å². The summed E-state index contributed by atoms with van der Waals surface area (Å²) in [5.41, 5.74) is 8.00. The average Bonchev–Trinajstić information content (AvgIpc) is 2.47. The lowest BCUT2D eigenvalue weighted by atomic mass is 10.0. The van der Waals surface area contributed by atoms with Crippen LogP contribution in [0, 0.1) is 18.8 Å².